The van der Waals surface area contributed by atoms with Crippen molar-refractivity contribution in [2.45, 2.75) is 105 Å². The molecule has 0 bridgehead atoms. The molecule has 4 amide bonds. The van der Waals surface area contributed by atoms with E-state index >= 15 is 14.4 Å². The van der Waals surface area contributed by atoms with Crippen LogP contribution in [0.2, 0.25) is 0 Å². The summed E-state index contributed by atoms with van der Waals surface area (Å²) >= 11 is 0. The van der Waals surface area contributed by atoms with Gasteiger partial charge in [-0.1, -0.05) is 206 Å². The number of carbonyl (C=O) groups is 4. The summed E-state index contributed by atoms with van der Waals surface area (Å²) in [5.41, 5.74) is 20.1. The molecule has 0 radical (unpaired) electrons. The predicted molar refractivity (Wildman–Crippen MR) is 350 cm³/mol. The van der Waals surface area contributed by atoms with Crippen LogP contribution in [0.3, 0.4) is 0 Å². The zero-order chi connectivity index (χ0) is 58.2. The molecule has 2 unspecified atom stereocenters. The number of hydrogen-bond donors (Lipinski definition) is 4. The Hall–Kier alpha value is -8.88. The third-order valence-corrected chi connectivity index (χ3v) is 18.4. The van der Waals surface area contributed by atoms with Crippen LogP contribution < -0.4 is 22.1 Å². The Morgan fingerprint density at radius 2 is 0.929 bits per heavy atom. The number of fused-ring (bicyclic) bond motifs is 4. The van der Waals surface area contributed by atoms with Gasteiger partial charge in [0.25, 0.3) is 11.8 Å². The quantitative estimate of drug-likeness (QED) is 0.0373. The summed E-state index contributed by atoms with van der Waals surface area (Å²) in [4.78, 5) is 61.3. The molecular formula is C76H74N4O4. The molecule has 0 saturated carbocycles. The maximum atomic E-state index is 15.9. The number of unbranched alkanes of at least 4 members (excludes halogenated alkanes) is 2. The third kappa shape index (κ3) is 9.89. The van der Waals surface area contributed by atoms with Crippen LogP contribution in [0, 0.1) is 11.8 Å². The fraction of sp³-hybridized carbons (Fsp3) is 0.263. The molecule has 8 nitrogen and oxygen atoms in total. The summed E-state index contributed by atoms with van der Waals surface area (Å²) in [6.45, 7) is 9.67. The van der Waals surface area contributed by atoms with Gasteiger partial charge in [-0.2, -0.15) is 0 Å². The van der Waals surface area contributed by atoms with Crippen molar-refractivity contribution in [3.8, 4) is 11.1 Å². The highest BCUT2D eigenvalue weighted by Crippen LogP contribution is 2.54. The number of rotatable bonds is 23. The first-order valence-electron chi connectivity index (χ1n) is 30.7. The number of nitrogens with two attached hydrogens (primary N) is 2. The van der Waals surface area contributed by atoms with Gasteiger partial charge in [0.2, 0.25) is 11.8 Å². The molecule has 12 aromatic rings. The number of benzene rings is 12. The van der Waals surface area contributed by atoms with Crippen LogP contribution in [0.15, 0.2) is 158 Å². The number of hydrogen-bond acceptors (Lipinski definition) is 4. The van der Waals surface area contributed by atoms with E-state index in [1.165, 1.54) is 0 Å². The van der Waals surface area contributed by atoms with E-state index in [4.69, 9.17) is 11.5 Å². The van der Waals surface area contributed by atoms with Gasteiger partial charge in [-0.05, 0) is 177 Å². The average molecular weight is 1110 g/mol. The SMILES string of the molecule is CCCCC(CC)CNC(=O)c1cc(-c2c(CCc3ccccc3)c(C(N)=O)c3c(C(=O)NCC(CC)CCCC)c(CCc4ccccc4)cc4c5cccc6cccc(c2c34)c65)c2c3cccc4cccc(c5ccc(C(N)=O)c1c52)c43. The molecular weight excluding hydrogens is 1030 g/mol. The van der Waals surface area contributed by atoms with Crippen LogP contribution in [0.25, 0.3) is 97.3 Å². The number of aryl methyl sites for hydroxylation is 3. The molecule has 84 heavy (non-hydrogen) atoms. The summed E-state index contributed by atoms with van der Waals surface area (Å²) < 4.78 is 0. The smallest absolute Gasteiger partial charge is 0.252 e. The minimum absolute atomic E-state index is 0.233. The Bertz CT molecular complexity index is 4480. The van der Waals surface area contributed by atoms with Gasteiger partial charge in [-0.15, -0.1) is 0 Å². The first-order chi connectivity index (χ1) is 41.0. The van der Waals surface area contributed by atoms with Gasteiger partial charge in [0.15, 0.2) is 0 Å². The highest BCUT2D eigenvalue weighted by molar-refractivity contribution is 6.43. The molecule has 0 aromatic heterocycles. The molecule has 0 saturated heterocycles. The molecule has 2 atom stereocenters. The summed E-state index contributed by atoms with van der Waals surface area (Å²) in [6.07, 6.45) is 10.0. The van der Waals surface area contributed by atoms with Crippen molar-refractivity contribution in [1.82, 2.24) is 10.6 Å². The van der Waals surface area contributed by atoms with E-state index in [1.54, 1.807) is 6.07 Å². The highest BCUT2D eigenvalue weighted by Gasteiger charge is 2.34. The zero-order valence-corrected chi connectivity index (χ0v) is 48.9. The Balaban J connectivity index is 1.30. The van der Waals surface area contributed by atoms with Crippen molar-refractivity contribution in [2.24, 2.45) is 23.3 Å². The fourth-order valence-electron chi connectivity index (χ4n) is 14.1. The molecule has 6 N–H and O–H groups in total. The molecule has 0 heterocycles. The minimum Gasteiger partial charge on any atom is -0.366 e. The van der Waals surface area contributed by atoms with Gasteiger partial charge in [0.1, 0.15) is 0 Å². The van der Waals surface area contributed by atoms with Gasteiger partial charge in [0, 0.05) is 35.0 Å². The van der Waals surface area contributed by atoms with Crippen molar-refractivity contribution in [3.63, 3.8) is 0 Å². The van der Waals surface area contributed by atoms with Gasteiger partial charge < -0.3 is 22.1 Å². The van der Waals surface area contributed by atoms with Crippen molar-refractivity contribution in [2.75, 3.05) is 13.1 Å². The van der Waals surface area contributed by atoms with E-state index in [0.717, 1.165) is 155 Å². The van der Waals surface area contributed by atoms with Crippen molar-refractivity contribution >= 4 is 110 Å². The first-order valence-corrected chi connectivity index (χ1v) is 30.7. The second kappa shape index (κ2) is 23.8. The second-order valence-electron chi connectivity index (χ2n) is 23.4. The fourth-order valence-corrected chi connectivity index (χ4v) is 14.1. The van der Waals surface area contributed by atoms with E-state index < -0.39 is 11.8 Å². The van der Waals surface area contributed by atoms with Crippen molar-refractivity contribution in [1.29, 1.82) is 0 Å². The molecule has 422 valence electrons. The maximum Gasteiger partial charge on any atom is 0.252 e. The Kier molecular flexibility index (Phi) is 15.7. The summed E-state index contributed by atoms with van der Waals surface area (Å²) in [5.74, 6) is -1.32. The minimum atomic E-state index is -0.647. The van der Waals surface area contributed by atoms with E-state index in [1.807, 2.05) is 48.5 Å². The standard InChI is InChI=1S/C76H74N4O4/c1-5-9-21-45(7-3)43-79-75(83)61-42-60(65-55-33-19-29-49-27-17-31-52(62(49)55)54-39-40-58(73(77)81)67(61)68(54)65)66-57(38-36-48-25-15-12-16-26-48)71(74(78)82)72-64(76(84)80-44-46(8-4)22-10-6-2)51(37-35-47-23-13-11-14-24-47)41-59-53-32-18-28-50-30-20-34-56(63(50)53)69(66)70(59)72/h11-20,23-34,39-42,45-46H,5-10,21-22,35-38,43-44H2,1-4H3,(H2,77,81)(H2,78,82)(H,79,83)(H,80,84). The van der Waals surface area contributed by atoms with Gasteiger partial charge in [-0.3, -0.25) is 19.2 Å². The van der Waals surface area contributed by atoms with Crippen LogP contribution in [0.4, 0.5) is 0 Å². The number of carbonyl (C=O) groups excluding carboxylic acids is 4. The van der Waals surface area contributed by atoms with Crippen LogP contribution in [0.1, 0.15) is 143 Å². The third-order valence-electron chi connectivity index (χ3n) is 18.4. The number of primary amides is 2. The molecule has 0 spiro atoms. The molecule has 12 rings (SSSR count). The molecule has 8 heteroatoms. The number of amides is 4. The van der Waals surface area contributed by atoms with Crippen LogP contribution in [-0.2, 0) is 25.7 Å². The van der Waals surface area contributed by atoms with Crippen LogP contribution in [-0.4, -0.2) is 36.7 Å². The molecule has 0 fully saturated rings. The molecule has 0 aliphatic rings. The Morgan fingerprint density at radius 1 is 0.417 bits per heavy atom. The van der Waals surface area contributed by atoms with Gasteiger partial charge in [0.05, 0.1) is 11.1 Å². The van der Waals surface area contributed by atoms with Crippen LogP contribution >= 0.6 is 0 Å². The summed E-state index contributed by atoms with van der Waals surface area (Å²) in [6, 6.07) is 54.1. The molecule has 0 aliphatic heterocycles. The van der Waals surface area contributed by atoms with E-state index in [9.17, 15) is 4.79 Å². The predicted octanol–water partition coefficient (Wildman–Crippen LogP) is 17.1. The summed E-state index contributed by atoms with van der Waals surface area (Å²) in [5, 5.41) is 20.9. The lowest BCUT2D eigenvalue weighted by molar-refractivity contribution is 0.0938. The largest absolute Gasteiger partial charge is 0.366 e. The number of nitrogens with one attached hydrogen (secondary N) is 2. The van der Waals surface area contributed by atoms with Gasteiger partial charge >= 0.3 is 0 Å². The molecule has 12 aromatic carbocycles. The van der Waals surface area contributed by atoms with E-state index in [2.05, 4.69) is 141 Å². The topological polar surface area (TPSA) is 144 Å². The van der Waals surface area contributed by atoms with E-state index in [-0.39, 0.29) is 34.8 Å². The van der Waals surface area contributed by atoms with Gasteiger partial charge in [-0.25, -0.2) is 0 Å². The normalized spacial score (nSPS) is 12.7. The maximum absolute atomic E-state index is 15.9. The molecule has 0 aliphatic carbocycles. The van der Waals surface area contributed by atoms with Crippen molar-refractivity contribution < 1.29 is 19.2 Å². The first kappa shape index (κ1) is 55.6. The summed E-state index contributed by atoms with van der Waals surface area (Å²) in [7, 11) is 0. The lowest BCUT2D eigenvalue weighted by Crippen LogP contribution is -2.31. The Labute approximate surface area is 491 Å². The highest BCUT2D eigenvalue weighted by atomic mass is 16.2. The van der Waals surface area contributed by atoms with E-state index in [0.29, 0.717) is 66.2 Å². The monoisotopic (exact) mass is 1110 g/mol. The van der Waals surface area contributed by atoms with Crippen molar-refractivity contribution in [3.05, 3.63) is 202 Å². The zero-order valence-electron chi connectivity index (χ0n) is 48.9. The lowest BCUT2D eigenvalue weighted by atomic mass is 9.75. The van der Waals surface area contributed by atoms with Crippen LogP contribution in [0.5, 0.6) is 0 Å². The Morgan fingerprint density at radius 3 is 1.48 bits per heavy atom. The second-order valence-corrected chi connectivity index (χ2v) is 23.4. The lowest BCUT2D eigenvalue weighted by Gasteiger charge is -2.28. The average Bonchev–Trinajstić information content (AvgIpc) is 0.729.